The van der Waals surface area contributed by atoms with Crippen LogP contribution in [0.3, 0.4) is 0 Å². The Morgan fingerprint density at radius 2 is 1.69 bits per heavy atom. The molecule has 5 nitrogen and oxygen atoms in total. The zero-order chi connectivity index (χ0) is 24.7. The summed E-state index contributed by atoms with van der Waals surface area (Å²) >= 11 is 0. The van der Waals surface area contributed by atoms with E-state index >= 15 is 0 Å². The van der Waals surface area contributed by atoms with Crippen molar-refractivity contribution in [3.8, 4) is 0 Å². The number of hydrogen-bond acceptors (Lipinski definition) is 3. The number of nitrogens with one attached hydrogen (secondary N) is 1. The maximum Gasteiger partial charge on any atom is 0.416 e. The van der Waals surface area contributed by atoms with Crippen molar-refractivity contribution >= 4 is 17.5 Å². The van der Waals surface area contributed by atoms with Gasteiger partial charge >= 0.3 is 6.18 Å². The Labute approximate surface area is 188 Å². The van der Waals surface area contributed by atoms with E-state index in [4.69, 9.17) is 5.73 Å². The molecule has 1 atom stereocenters. The van der Waals surface area contributed by atoms with E-state index in [1.165, 1.54) is 37.0 Å². The van der Waals surface area contributed by atoms with Gasteiger partial charge in [-0.2, -0.15) is 13.2 Å². The third-order valence-electron chi connectivity index (χ3n) is 4.78. The third kappa shape index (κ3) is 10.8. The summed E-state index contributed by atoms with van der Waals surface area (Å²) in [6, 6.07) is 1.24. The van der Waals surface area contributed by atoms with Crippen molar-refractivity contribution < 1.29 is 27.2 Å². The highest BCUT2D eigenvalue weighted by molar-refractivity contribution is 5.89. The van der Waals surface area contributed by atoms with Crippen molar-refractivity contribution in [2.75, 3.05) is 18.4 Å². The van der Waals surface area contributed by atoms with Crippen LogP contribution < -0.4 is 11.1 Å². The van der Waals surface area contributed by atoms with Crippen LogP contribution in [0.1, 0.15) is 78.2 Å². The summed E-state index contributed by atoms with van der Waals surface area (Å²) < 4.78 is 51.1. The van der Waals surface area contributed by atoms with Crippen molar-refractivity contribution in [2.45, 2.75) is 84.9 Å². The first kappa shape index (κ1) is 29.7. The summed E-state index contributed by atoms with van der Waals surface area (Å²) in [5.41, 5.74) is 3.88. The van der Waals surface area contributed by atoms with Gasteiger partial charge in [-0.1, -0.05) is 59.8 Å². The van der Waals surface area contributed by atoms with Crippen molar-refractivity contribution in [2.24, 2.45) is 5.73 Å². The number of hydrogen-bond donors (Lipinski definition) is 2. The van der Waals surface area contributed by atoms with Gasteiger partial charge in [0.25, 0.3) is 0 Å². The van der Waals surface area contributed by atoms with Crippen molar-refractivity contribution in [1.29, 1.82) is 0 Å². The molecule has 0 bridgehead atoms. The highest BCUT2D eigenvalue weighted by atomic mass is 19.4. The number of rotatable bonds is 8. The monoisotopic (exact) mass is 463 g/mol. The Bertz CT molecular complexity index is 692. The standard InChI is InChI=1S/C14H15F4N3O2.C7H16.C2H6/c15-9-4-8(14(16,17)18)5-10(6-9)20-7-12(22)21-3-1-2-11(21)13(19)23;1-3-5-7-6-4-2;1-2/h4-6,11,20H,1-3,7H2,(H2,19,23);3-7H2,1-2H3;1-2H3/t11-;;/m0../s1. The molecule has 1 saturated heterocycles. The number of primary amides is 1. The van der Waals surface area contributed by atoms with Crippen LogP contribution in [0, 0.1) is 5.82 Å². The summed E-state index contributed by atoms with van der Waals surface area (Å²) in [6.45, 7) is 8.49. The van der Waals surface area contributed by atoms with Crippen LogP contribution in [-0.4, -0.2) is 35.8 Å². The minimum absolute atomic E-state index is 0.166. The number of halogens is 4. The van der Waals surface area contributed by atoms with Gasteiger partial charge in [0.05, 0.1) is 12.1 Å². The van der Waals surface area contributed by atoms with Crippen molar-refractivity contribution in [3.05, 3.63) is 29.6 Å². The molecule has 1 aliphatic heterocycles. The zero-order valence-corrected chi connectivity index (χ0v) is 19.5. The molecule has 1 aromatic carbocycles. The number of benzene rings is 1. The van der Waals surface area contributed by atoms with Gasteiger partial charge in [-0.15, -0.1) is 0 Å². The lowest BCUT2D eigenvalue weighted by atomic mass is 10.2. The van der Waals surface area contributed by atoms with Gasteiger partial charge in [-0.25, -0.2) is 4.39 Å². The maximum atomic E-state index is 13.3. The van der Waals surface area contributed by atoms with Gasteiger partial charge in [0.15, 0.2) is 0 Å². The van der Waals surface area contributed by atoms with E-state index in [-0.39, 0.29) is 12.2 Å². The van der Waals surface area contributed by atoms with Gasteiger partial charge < -0.3 is 16.0 Å². The number of unbranched alkanes of at least 4 members (excludes halogenated alkanes) is 4. The Morgan fingerprint density at radius 1 is 1.09 bits per heavy atom. The molecule has 184 valence electrons. The Morgan fingerprint density at radius 3 is 2.19 bits per heavy atom. The largest absolute Gasteiger partial charge is 0.416 e. The highest BCUT2D eigenvalue weighted by Gasteiger charge is 2.33. The van der Waals surface area contributed by atoms with E-state index in [1.54, 1.807) is 0 Å². The second-order valence-electron chi connectivity index (χ2n) is 7.29. The fourth-order valence-corrected chi connectivity index (χ4v) is 3.17. The molecule has 3 N–H and O–H groups in total. The highest BCUT2D eigenvalue weighted by Crippen LogP contribution is 2.31. The molecule has 0 unspecified atom stereocenters. The fourth-order valence-electron chi connectivity index (χ4n) is 3.17. The molecule has 2 amide bonds. The number of nitrogens with two attached hydrogens (primary N) is 1. The lowest BCUT2D eigenvalue weighted by Crippen LogP contribution is -2.45. The second-order valence-corrected chi connectivity index (χ2v) is 7.29. The summed E-state index contributed by atoms with van der Waals surface area (Å²) in [6.07, 6.45) is 3.40. The Hall–Kier alpha value is -2.32. The number of amides is 2. The number of carbonyl (C=O) groups excluding carboxylic acids is 2. The summed E-state index contributed by atoms with van der Waals surface area (Å²) in [7, 11) is 0. The SMILES string of the molecule is CC.CCCCCCC.NC(=O)[C@@H]1CCCN1C(=O)CNc1cc(F)cc(C(F)(F)F)c1. The minimum Gasteiger partial charge on any atom is -0.376 e. The molecule has 1 heterocycles. The van der Waals surface area contributed by atoms with Crippen LogP contribution in [0.5, 0.6) is 0 Å². The first-order valence-electron chi connectivity index (χ1n) is 11.3. The Kier molecular flexibility index (Phi) is 14.4. The van der Waals surface area contributed by atoms with E-state index in [9.17, 15) is 27.2 Å². The number of likely N-dealkylation sites (tertiary alicyclic amines) is 1. The molecule has 32 heavy (non-hydrogen) atoms. The molecule has 9 heteroatoms. The molecule has 0 saturated carbocycles. The van der Waals surface area contributed by atoms with Crippen LogP contribution in [-0.2, 0) is 15.8 Å². The molecule has 0 aromatic heterocycles. The number of carbonyl (C=O) groups is 2. The summed E-state index contributed by atoms with van der Waals surface area (Å²) in [5, 5.41) is 2.45. The zero-order valence-electron chi connectivity index (χ0n) is 19.5. The van der Waals surface area contributed by atoms with Crippen LogP contribution in [0.4, 0.5) is 23.2 Å². The molecular formula is C23H37F4N3O2. The predicted octanol–water partition coefficient (Wildman–Crippen LogP) is 5.74. The third-order valence-corrected chi connectivity index (χ3v) is 4.78. The molecule has 0 aliphatic carbocycles. The molecule has 0 radical (unpaired) electrons. The summed E-state index contributed by atoms with van der Waals surface area (Å²) in [4.78, 5) is 24.5. The first-order valence-corrected chi connectivity index (χ1v) is 11.3. The van der Waals surface area contributed by atoms with E-state index in [1.807, 2.05) is 13.8 Å². The summed E-state index contributed by atoms with van der Waals surface area (Å²) in [5.74, 6) is -2.17. The Balaban J connectivity index is 0.000000911. The van der Waals surface area contributed by atoms with E-state index in [2.05, 4.69) is 19.2 Å². The van der Waals surface area contributed by atoms with Crippen LogP contribution in [0.2, 0.25) is 0 Å². The second kappa shape index (κ2) is 15.5. The molecule has 1 aliphatic rings. The van der Waals surface area contributed by atoms with Gasteiger partial charge in [0, 0.05) is 12.2 Å². The molecule has 0 spiro atoms. The van der Waals surface area contributed by atoms with E-state index in [0.717, 1.165) is 6.07 Å². The van der Waals surface area contributed by atoms with E-state index in [0.29, 0.717) is 31.5 Å². The number of anilines is 1. The number of nitrogens with zero attached hydrogens (tertiary/aromatic N) is 1. The van der Waals surface area contributed by atoms with Crippen LogP contribution in [0.25, 0.3) is 0 Å². The lowest BCUT2D eigenvalue weighted by Gasteiger charge is -2.22. The minimum atomic E-state index is -4.69. The van der Waals surface area contributed by atoms with Gasteiger partial charge in [-0.3, -0.25) is 9.59 Å². The van der Waals surface area contributed by atoms with E-state index < -0.39 is 35.4 Å². The van der Waals surface area contributed by atoms with Gasteiger partial charge in [0.2, 0.25) is 11.8 Å². The van der Waals surface area contributed by atoms with Crippen LogP contribution >= 0.6 is 0 Å². The predicted molar refractivity (Wildman–Crippen MR) is 120 cm³/mol. The quantitative estimate of drug-likeness (QED) is 0.382. The molecule has 1 fully saturated rings. The van der Waals surface area contributed by atoms with Gasteiger partial charge in [0.1, 0.15) is 11.9 Å². The molecule has 2 rings (SSSR count). The number of alkyl halides is 3. The lowest BCUT2D eigenvalue weighted by molar-refractivity contribution is -0.137. The smallest absolute Gasteiger partial charge is 0.376 e. The van der Waals surface area contributed by atoms with Crippen LogP contribution in [0.15, 0.2) is 18.2 Å². The molecule has 1 aromatic rings. The normalized spacial score (nSPS) is 15.2. The average Bonchev–Trinajstić information content (AvgIpc) is 3.24. The average molecular weight is 464 g/mol. The maximum absolute atomic E-state index is 13.3. The van der Waals surface area contributed by atoms with Crippen molar-refractivity contribution in [1.82, 2.24) is 4.90 Å². The van der Waals surface area contributed by atoms with Gasteiger partial charge in [-0.05, 0) is 31.0 Å². The molecular weight excluding hydrogens is 426 g/mol. The first-order chi connectivity index (χ1) is 15.1. The fraction of sp³-hybridized carbons (Fsp3) is 0.652. The topological polar surface area (TPSA) is 75.4 Å². The van der Waals surface area contributed by atoms with Crippen molar-refractivity contribution in [3.63, 3.8) is 0 Å².